The van der Waals surface area contributed by atoms with Gasteiger partial charge >= 0.3 is 0 Å². The Hall–Kier alpha value is -1.09. The van der Waals surface area contributed by atoms with E-state index >= 15 is 0 Å². The molecule has 1 aromatic heterocycles. The molecular weight excluding hydrogens is 215 g/mol. The summed E-state index contributed by atoms with van der Waals surface area (Å²) < 4.78 is 15.2. The van der Waals surface area contributed by atoms with Crippen LogP contribution >= 0.6 is 11.6 Å². The van der Waals surface area contributed by atoms with Crippen molar-refractivity contribution in [1.82, 2.24) is 9.78 Å². The molecule has 0 aliphatic carbocycles. The Morgan fingerprint density at radius 2 is 2.13 bits per heavy atom. The van der Waals surface area contributed by atoms with Gasteiger partial charge in [0.05, 0.1) is 0 Å². The van der Waals surface area contributed by atoms with E-state index in [4.69, 9.17) is 11.6 Å². The maximum Gasteiger partial charge on any atom is 0.144 e. The van der Waals surface area contributed by atoms with Crippen LogP contribution in [0.4, 0.5) is 4.39 Å². The number of aryl methyl sites for hydroxylation is 1. The van der Waals surface area contributed by atoms with Crippen LogP contribution in [0.1, 0.15) is 25.3 Å². The van der Waals surface area contributed by atoms with Gasteiger partial charge < -0.3 is 0 Å². The Balaban J connectivity index is 2.87. The van der Waals surface area contributed by atoms with Crippen LogP contribution in [0.25, 0.3) is 10.9 Å². The van der Waals surface area contributed by atoms with Crippen LogP contribution in [0.15, 0.2) is 12.3 Å². The van der Waals surface area contributed by atoms with Gasteiger partial charge in [0.2, 0.25) is 0 Å². The molecule has 0 aliphatic heterocycles. The van der Waals surface area contributed by atoms with Gasteiger partial charge in [0, 0.05) is 18.6 Å². The highest BCUT2D eigenvalue weighted by atomic mass is 35.5. The van der Waals surface area contributed by atoms with E-state index in [0.717, 1.165) is 10.9 Å². The second-order valence-electron chi connectivity index (χ2n) is 3.98. The molecule has 0 radical (unpaired) electrons. The Labute approximate surface area is 92.6 Å². The highest BCUT2D eigenvalue weighted by molar-refractivity contribution is 6.35. The number of rotatable bonds is 1. The number of aromatic nitrogens is 2. The van der Waals surface area contributed by atoms with E-state index in [2.05, 4.69) is 5.10 Å². The van der Waals surface area contributed by atoms with Crippen LogP contribution in [0, 0.1) is 5.82 Å². The van der Waals surface area contributed by atoms with Crippen molar-refractivity contribution in [3.8, 4) is 0 Å². The molecule has 0 N–H and O–H groups in total. The molecular formula is C11H12ClFN2. The molecule has 0 fully saturated rings. The summed E-state index contributed by atoms with van der Waals surface area (Å²) in [5.74, 6) is -0.143. The molecule has 1 aromatic carbocycles. The first-order valence-corrected chi connectivity index (χ1v) is 5.19. The summed E-state index contributed by atoms with van der Waals surface area (Å²) in [6.45, 7) is 4.05. The lowest BCUT2D eigenvalue weighted by molar-refractivity contribution is 0.625. The second-order valence-corrected chi connectivity index (χ2v) is 4.36. The lowest BCUT2D eigenvalue weighted by atomic mass is 9.99. The van der Waals surface area contributed by atoms with Gasteiger partial charge in [-0.25, -0.2) is 4.39 Å². The molecule has 2 nitrogen and oxygen atoms in total. The molecule has 0 spiro atoms. The first kappa shape index (κ1) is 10.4. The fourth-order valence-corrected chi connectivity index (χ4v) is 1.92. The Morgan fingerprint density at radius 1 is 1.47 bits per heavy atom. The van der Waals surface area contributed by atoms with Crippen molar-refractivity contribution in [2.24, 2.45) is 7.05 Å². The molecule has 0 bridgehead atoms. The number of hydrogen-bond acceptors (Lipinski definition) is 1. The van der Waals surface area contributed by atoms with Gasteiger partial charge in [0.1, 0.15) is 16.4 Å². The smallest absolute Gasteiger partial charge is 0.144 e. The Kier molecular flexibility index (Phi) is 2.43. The van der Waals surface area contributed by atoms with Crippen LogP contribution < -0.4 is 0 Å². The average molecular weight is 227 g/mol. The number of hydrogen-bond donors (Lipinski definition) is 0. The molecule has 0 saturated heterocycles. The van der Waals surface area contributed by atoms with Crippen molar-refractivity contribution in [2.75, 3.05) is 0 Å². The van der Waals surface area contributed by atoms with Crippen molar-refractivity contribution in [3.05, 3.63) is 28.7 Å². The highest BCUT2D eigenvalue weighted by Crippen LogP contribution is 2.31. The predicted molar refractivity (Wildman–Crippen MR) is 59.8 cm³/mol. The number of fused-ring (bicyclic) bond motifs is 1. The minimum Gasteiger partial charge on any atom is -0.275 e. The average Bonchev–Trinajstić information content (AvgIpc) is 2.53. The summed E-state index contributed by atoms with van der Waals surface area (Å²) in [5, 5.41) is 5.20. The fraction of sp³-hybridized carbons (Fsp3) is 0.364. The van der Waals surface area contributed by atoms with E-state index in [1.807, 2.05) is 20.0 Å². The Bertz CT molecular complexity index is 517. The van der Waals surface area contributed by atoms with E-state index in [-0.39, 0.29) is 10.9 Å². The summed E-state index contributed by atoms with van der Waals surface area (Å²) in [7, 11) is 1.80. The first-order chi connectivity index (χ1) is 7.00. The molecule has 1 heterocycles. The SMILES string of the molecule is CC(C)c1cc(F)c(Cl)c2nn(C)cc12. The van der Waals surface area contributed by atoms with E-state index < -0.39 is 5.82 Å². The summed E-state index contributed by atoms with van der Waals surface area (Å²) in [6.07, 6.45) is 1.87. The first-order valence-electron chi connectivity index (χ1n) is 4.82. The number of benzene rings is 1. The lowest BCUT2D eigenvalue weighted by Crippen LogP contribution is -1.91. The van der Waals surface area contributed by atoms with Gasteiger partial charge in [-0.3, -0.25) is 4.68 Å². The van der Waals surface area contributed by atoms with E-state index in [9.17, 15) is 4.39 Å². The maximum atomic E-state index is 13.5. The molecule has 0 unspecified atom stereocenters. The largest absolute Gasteiger partial charge is 0.275 e. The third kappa shape index (κ3) is 1.61. The zero-order valence-electron chi connectivity index (χ0n) is 8.88. The van der Waals surface area contributed by atoms with Crippen molar-refractivity contribution in [1.29, 1.82) is 0 Å². The minimum atomic E-state index is -0.397. The Morgan fingerprint density at radius 3 is 2.73 bits per heavy atom. The number of halogens is 2. The lowest BCUT2D eigenvalue weighted by Gasteiger charge is -2.07. The molecule has 80 valence electrons. The van der Waals surface area contributed by atoms with Gasteiger partial charge in [-0.15, -0.1) is 0 Å². The summed E-state index contributed by atoms with van der Waals surface area (Å²) in [5.41, 5.74) is 1.49. The molecule has 0 atom stereocenters. The predicted octanol–water partition coefficient (Wildman–Crippen LogP) is 3.49. The molecule has 2 aromatic rings. The van der Waals surface area contributed by atoms with Crippen molar-refractivity contribution in [2.45, 2.75) is 19.8 Å². The van der Waals surface area contributed by atoms with Crippen molar-refractivity contribution in [3.63, 3.8) is 0 Å². The van der Waals surface area contributed by atoms with Gasteiger partial charge in [-0.1, -0.05) is 25.4 Å². The zero-order chi connectivity index (χ0) is 11.2. The minimum absolute atomic E-state index is 0.106. The van der Waals surface area contributed by atoms with Crippen LogP contribution in [0.2, 0.25) is 5.02 Å². The van der Waals surface area contributed by atoms with E-state index in [0.29, 0.717) is 5.52 Å². The molecule has 0 saturated carbocycles. The highest BCUT2D eigenvalue weighted by Gasteiger charge is 2.15. The maximum absolute atomic E-state index is 13.5. The molecule has 2 rings (SSSR count). The quantitative estimate of drug-likeness (QED) is 0.728. The summed E-state index contributed by atoms with van der Waals surface area (Å²) in [6, 6.07) is 1.50. The molecule has 15 heavy (non-hydrogen) atoms. The van der Waals surface area contributed by atoms with Gasteiger partial charge in [0.25, 0.3) is 0 Å². The van der Waals surface area contributed by atoms with Crippen molar-refractivity contribution >= 4 is 22.5 Å². The third-order valence-electron chi connectivity index (χ3n) is 2.46. The standard InChI is InChI=1S/C11H12ClFN2/c1-6(2)7-4-9(13)10(12)11-8(7)5-15(3)14-11/h4-6H,1-3H3. The molecule has 0 aliphatic rings. The normalized spacial score (nSPS) is 11.6. The fourth-order valence-electron chi connectivity index (χ4n) is 1.73. The topological polar surface area (TPSA) is 17.8 Å². The van der Waals surface area contributed by atoms with Crippen LogP contribution in [-0.2, 0) is 7.05 Å². The summed E-state index contributed by atoms with van der Waals surface area (Å²) in [4.78, 5) is 0. The van der Waals surface area contributed by atoms with E-state index in [1.165, 1.54) is 6.07 Å². The number of nitrogens with zero attached hydrogens (tertiary/aromatic N) is 2. The van der Waals surface area contributed by atoms with Gasteiger partial charge in [-0.05, 0) is 17.5 Å². The van der Waals surface area contributed by atoms with Crippen LogP contribution in [0.3, 0.4) is 0 Å². The summed E-state index contributed by atoms with van der Waals surface area (Å²) >= 11 is 5.87. The second kappa shape index (κ2) is 3.49. The third-order valence-corrected chi connectivity index (χ3v) is 2.82. The van der Waals surface area contributed by atoms with Crippen LogP contribution in [0.5, 0.6) is 0 Å². The van der Waals surface area contributed by atoms with E-state index in [1.54, 1.807) is 11.7 Å². The van der Waals surface area contributed by atoms with Crippen LogP contribution in [-0.4, -0.2) is 9.78 Å². The van der Waals surface area contributed by atoms with Gasteiger partial charge in [-0.2, -0.15) is 5.10 Å². The van der Waals surface area contributed by atoms with Crippen molar-refractivity contribution < 1.29 is 4.39 Å². The zero-order valence-corrected chi connectivity index (χ0v) is 9.64. The molecule has 0 amide bonds. The van der Waals surface area contributed by atoms with Gasteiger partial charge in [0.15, 0.2) is 0 Å². The molecule has 4 heteroatoms. The monoisotopic (exact) mass is 226 g/mol.